The molecule has 1 amide bonds. The average molecular weight is 514 g/mol. The van der Waals surface area contributed by atoms with Crippen LogP contribution in [-0.2, 0) is 11.3 Å². The van der Waals surface area contributed by atoms with E-state index in [9.17, 15) is 4.79 Å². The lowest BCUT2D eigenvalue weighted by atomic mass is 9.88. The van der Waals surface area contributed by atoms with Gasteiger partial charge in [-0.1, -0.05) is 31.4 Å². The largest absolute Gasteiger partial charge is 0.496 e. The molecule has 1 aliphatic carbocycles. The van der Waals surface area contributed by atoms with Gasteiger partial charge in [-0.25, -0.2) is 0 Å². The topological polar surface area (TPSA) is 66.0 Å². The van der Waals surface area contributed by atoms with Gasteiger partial charge in [0.15, 0.2) is 5.96 Å². The zero-order valence-electron chi connectivity index (χ0n) is 17.9. The number of halogens is 1. The van der Waals surface area contributed by atoms with Crippen molar-refractivity contribution in [1.82, 2.24) is 15.5 Å². The Hall–Kier alpha value is -1.51. The first kappa shape index (κ1) is 23.8. The van der Waals surface area contributed by atoms with Crippen LogP contribution in [0.1, 0.15) is 49.7 Å². The smallest absolute Gasteiger partial charge is 0.225 e. The summed E-state index contributed by atoms with van der Waals surface area (Å²) in [6, 6.07) is 6.47. The van der Waals surface area contributed by atoms with Gasteiger partial charge in [-0.05, 0) is 43.4 Å². The van der Waals surface area contributed by atoms with Crippen LogP contribution in [-0.4, -0.2) is 50.1 Å². The molecule has 1 heterocycles. The summed E-state index contributed by atoms with van der Waals surface area (Å²) < 4.78 is 5.40. The Labute approximate surface area is 191 Å². The minimum Gasteiger partial charge on any atom is -0.496 e. The highest BCUT2D eigenvalue weighted by Crippen LogP contribution is 2.26. The first-order valence-corrected chi connectivity index (χ1v) is 10.5. The van der Waals surface area contributed by atoms with Gasteiger partial charge in [-0.15, -0.1) is 24.0 Å². The predicted molar refractivity (Wildman–Crippen MR) is 128 cm³/mol. The van der Waals surface area contributed by atoms with Gasteiger partial charge < -0.3 is 20.3 Å². The SMILES string of the molecule is CN=C(NCc1ccc(C)c(OC)c1)NC1CCN(C(=O)C2CCCCC2)C1.I. The molecule has 1 saturated carbocycles. The molecule has 0 aromatic heterocycles. The number of nitrogens with one attached hydrogen (secondary N) is 2. The second-order valence-electron chi connectivity index (χ2n) is 7.98. The number of ether oxygens (including phenoxy) is 1. The molecule has 1 saturated heterocycles. The Morgan fingerprint density at radius 2 is 2.00 bits per heavy atom. The highest BCUT2D eigenvalue weighted by molar-refractivity contribution is 14.0. The Kier molecular flexibility index (Phi) is 9.52. The molecule has 7 heteroatoms. The molecule has 162 valence electrons. The maximum absolute atomic E-state index is 12.7. The molecule has 0 spiro atoms. The molecular weight excluding hydrogens is 479 g/mol. The number of hydrogen-bond acceptors (Lipinski definition) is 3. The van der Waals surface area contributed by atoms with Crippen LogP contribution >= 0.6 is 24.0 Å². The zero-order valence-corrected chi connectivity index (χ0v) is 20.2. The molecule has 29 heavy (non-hydrogen) atoms. The number of likely N-dealkylation sites (tertiary alicyclic amines) is 1. The van der Waals surface area contributed by atoms with Crippen molar-refractivity contribution >= 4 is 35.8 Å². The van der Waals surface area contributed by atoms with E-state index >= 15 is 0 Å². The number of nitrogens with zero attached hydrogens (tertiary/aromatic N) is 2. The number of benzene rings is 1. The number of amides is 1. The molecule has 3 rings (SSSR count). The van der Waals surface area contributed by atoms with Crippen molar-refractivity contribution in [3.8, 4) is 5.75 Å². The minimum absolute atomic E-state index is 0. The third kappa shape index (κ3) is 6.49. The fraction of sp³-hybridized carbons (Fsp3) is 0.636. The number of aliphatic imine (C=N–C) groups is 1. The first-order valence-electron chi connectivity index (χ1n) is 10.5. The third-order valence-electron chi connectivity index (χ3n) is 5.95. The number of methoxy groups -OCH3 is 1. The molecule has 1 aromatic rings. The van der Waals surface area contributed by atoms with Crippen molar-refractivity contribution < 1.29 is 9.53 Å². The number of rotatable bonds is 5. The molecule has 2 N–H and O–H groups in total. The lowest BCUT2D eigenvalue weighted by molar-refractivity contribution is -0.135. The maximum Gasteiger partial charge on any atom is 0.225 e. The number of aryl methyl sites for hydroxylation is 1. The van der Waals surface area contributed by atoms with Crippen molar-refractivity contribution in [3.63, 3.8) is 0 Å². The van der Waals surface area contributed by atoms with E-state index in [0.29, 0.717) is 12.5 Å². The van der Waals surface area contributed by atoms with Gasteiger partial charge in [0.05, 0.1) is 7.11 Å². The van der Waals surface area contributed by atoms with E-state index in [-0.39, 0.29) is 35.9 Å². The van der Waals surface area contributed by atoms with E-state index in [1.807, 2.05) is 11.8 Å². The van der Waals surface area contributed by atoms with E-state index in [1.165, 1.54) is 19.3 Å². The minimum atomic E-state index is 0. The molecule has 2 fully saturated rings. The number of guanidine groups is 1. The maximum atomic E-state index is 12.7. The molecule has 0 bridgehead atoms. The molecule has 0 radical (unpaired) electrons. The number of carbonyl (C=O) groups excluding carboxylic acids is 1. The predicted octanol–water partition coefficient (Wildman–Crippen LogP) is 3.47. The van der Waals surface area contributed by atoms with Crippen LogP contribution in [0.4, 0.5) is 0 Å². The molecule has 1 unspecified atom stereocenters. The van der Waals surface area contributed by atoms with E-state index in [1.54, 1.807) is 14.2 Å². The van der Waals surface area contributed by atoms with Gasteiger partial charge in [0.1, 0.15) is 5.75 Å². The standard InChI is InChI=1S/C22H34N4O2.HI/c1-16-9-10-17(13-20(16)28-3)14-24-22(23-2)25-19-11-12-26(15-19)21(27)18-7-5-4-6-8-18;/h9-10,13,18-19H,4-8,11-12,14-15H2,1-3H3,(H2,23,24,25);1H. The molecule has 1 aromatic carbocycles. The van der Waals surface area contributed by atoms with Crippen LogP contribution < -0.4 is 15.4 Å². The summed E-state index contributed by atoms with van der Waals surface area (Å²) in [6.07, 6.45) is 6.78. The van der Waals surface area contributed by atoms with Crippen LogP contribution in [0.25, 0.3) is 0 Å². The summed E-state index contributed by atoms with van der Waals surface area (Å²) in [5.41, 5.74) is 2.27. The summed E-state index contributed by atoms with van der Waals surface area (Å²) >= 11 is 0. The van der Waals surface area contributed by atoms with Crippen LogP contribution in [0.2, 0.25) is 0 Å². The van der Waals surface area contributed by atoms with Crippen LogP contribution in [0.3, 0.4) is 0 Å². The fourth-order valence-electron chi connectivity index (χ4n) is 4.23. The number of hydrogen-bond donors (Lipinski definition) is 2. The molecule has 1 atom stereocenters. The Bertz CT molecular complexity index is 704. The van der Waals surface area contributed by atoms with E-state index < -0.39 is 0 Å². The van der Waals surface area contributed by atoms with Crippen molar-refractivity contribution in [1.29, 1.82) is 0 Å². The molecular formula is C22H35IN4O2. The van der Waals surface area contributed by atoms with E-state index in [2.05, 4.69) is 33.8 Å². The molecule has 2 aliphatic rings. The van der Waals surface area contributed by atoms with Crippen molar-refractivity contribution in [2.24, 2.45) is 10.9 Å². The number of carbonyl (C=O) groups is 1. The normalized spacial score (nSPS) is 20.2. The monoisotopic (exact) mass is 514 g/mol. The van der Waals surface area contributed by atoms with Gasteiger partial charge in [0.25, 0.3) is 0 Å². The highest BCUT2D eigenvalue weighted by atomic mass is 127. The van der Waals surface area contributed by atoms with E-state index in [0.717, 1.165) is 55.2 Å². The van der Waals surface area contributed by atoms with E-state index in [4.69, 9.17) is 4.74 Å². The lowest BCUT2D eigenvalue weighted by Gasteiger charge is -2.26. The van der Waals surface area contributed by atoms with Gasteiger partial charge in [0, 0.05) is 38.6 Å². The van der Waals surface area contributed by atoms with Crippen molar-refractivity contribution in [3.05, 3.63) is 29.3 Å². The lowest BCUT2D eigenvalue weighted by Crippen LogP contribution is -2.45. The summed E-state index contributed by atoms with van der Waals surface area (Å²) in [6.45, 7) is 4.33. The van der Waals surface area contributed by atoms with Crippen molar-refractivity contribution in [2.45, 2.75) is 58.0 Å². The average Bonchev–Trinajstić information content (AvgIpc) is 3.20. The summed E-state index contributed by atoms with van der Waals surface area (Å²) in [7, 11) is 3.48. The van der Waals surface area contributed by atoms with Crippen molar-refractivity contribution in [2.75, 3.05) is 27.2 Å². The summed E-state index contributed by atoms with van der Waals surface area (Å²) in [5.74, 6) is 2.28. The second kappa shape index (κ2) is 11.6. The quantitative estimate of drug-likeness (QED) is 0.359. The molecule has 1 aliphatic heterocycles. The first-order chi connectivity index (χ1) is 13.6. The van der Waals surface area contributed by atoms with Gasteiger partial charge >= 0.3 is 0 Å². The summed E-state index contributed by atoms with van der Waals surface area (Å²) in [4.78, 5) is 19.1. The molecule has 6 nitrogen and oxygen atoms in total. The highest BCUT2D eigenvalue weighted by Gasteiger charge is 2.31. The van der Waals surface area contributed by atoms with Gasteiger partial charge in [0.2, 0.25) is 5.91 Å². The fourth-order valence-corrected chi connectivity index (χ4v) is 4.23. The van der Waals surface area contributed by atoms with Gasteiger partial charge in [-0.3, -0.25) is 9.79 Å². The van der Waals surface area contributed by atoms with Gasteiger partial charge in [-0.2, -0.15) is 0 Å². The Balaban J connectivity index is 0.00000300. The third-order valence-corrected chi connectivity index (χ3v) is 5.95. The Morgan fingerprint density at radius 3 is 2.69 bits per heavy atom. The zero-order chi connectivity index (χ0) is 19.9. The van der Waals surface area contributed by atoms with Crippen LogP contribution in [0.15, 0.2) is 23.2 Å². The Morgan fingerprint density at radius 1 is 1.24 bits per heavy atom. The van der Waals surface area contributed by atoms with Crippen LogP contribution in [0.5, 0.6) is 5.75 Å². The van der Waals surface area contributed by atoms with Crippen LogP contribution in [0, 0.1) is 12.8 Å². The summed E-state index contributed by atoms with van der Waals surface area (Å²) in [5, 5.41) is 6.85. The second-order valence-corrected chi connectivity index (χ2v) is 7.98.